The number of hydrogen-bond donors (Lipinski definition) is 4. The summed E-state index contributed by atoms with van der Waals surface area (Å²) in [6.07, 6.45) is 0. The van der Waals surface area contributed by atoms with Crippen LogP contribution in [0.25, 0.3) is 0 Å². The van der Waals surface area contributed by atoms with Crippen molar-refractivity contribution in [2.24, 2.45) is 5.73 Å². The van der Waals surface area contributed by atoms with Crippen molar-refractivity contribution in [2.45, 2.75) is 0 Å². The number of benzene rings is 1. The van der Waals surface area contributed by atoms with Gasteiger partial charge < -0.3 is 11.1 Å². The Bertz CT molecular complexity index is 429. The van der Waals surface area contributed by atoms with Gasteiger partial charge in [-0.2, -0.15) is 0 Å². The van der Waals surface area contributed by atoms with Crippen LogP contribution >= 0.6 is 43.5 Å². The average Bonchev–Trinajstić information content (AvgIpc) is 2.09. The number of carbonyl (C=O) groups excluding carboxylic acids is 1. The molecule has 0 aromatic heterocycles. The van der Waals surface area contributed by atoms with Crippen LogP contribution in [0.15, 0.2) is 21.1 Å². The monoisotopic (exact) mass is 368 g/mol. The third kappa shape index (κ3) is 3.66. The molecule has 5 nitrogen and oxygen atoms in total. The summed E-state index contributed by atoms with van der Waals surface area (Å²) in [6, 6.07) is 2.51. The van der Waals surface area contributed by atoms with E-state index >= 15 is 0 Å². The molecule has 0 unspecified atom stereocenters. The minimum absolute atomic E-state index is 0.226. The fraction of sp³-hybridized carbons (Fsp3) is 0. The summed E-state index contributed by atoms with van der Waals surface area (Å²) in [5.74, 6) is -0.226. The van der Waals surface area contributed by atoms with E-state index in [0.29, 0.717) is 19.7 Å². The Morgan fingerprint density at radius 1 is 1.38 bits per heavy atom. The number of nitrogens with one attached hydrogen (secondary N) is 3. The van der Waals surface area contributed by atoms with Gasteiger partial charge in [-0.25, -0.2) is 4.79 Å². The van der Waals surface area contributed by atoms with Crippen LogP contribution in [-0.2, 0) is 0 Å². The van der Waals surface area contributed by atoms with Crippen LogP contribution in [0, 0.1) is 5.41 Å². The van der Waals surface area contributed by atoms with Gasteiger partial charge in [-0.1, -0.05) is 11.6 Å². The van der Waals surface area contributed by atoms with Gasteiger partial charge in [0.05, 0.1) is 5.69 Å². The van der Waals surface area contributed by atoms with Crippen molar-refractivity contribution in [1.82, 2.24) is 5.32 Å². The van der Waals surface area contributed by atoms with Gasteiger partial charge in [0.2, 0.25) is 5.96 Å². The maximum absolute atomic E-state index is 10.5. The lowest BCUT2D eigenvalue weighted by Gasteiger charge is -2.11. The summed E-state index contributed by atoms with van der Waals surface area (Å²) in [7, 11) is 0. The molecule has 0 bridgehead atoms. The smallest absolute Gasteiger partial charge is 0.318 e. The fourth-order valence-electron chi connectivity index (χ4n) is 0.941. The van der Waals surface area contributed by atoms with Crippen LogP contribution in [0.3, 0.4) is 0 Å². The number of amides is 2. The Morgan fingerprint density at radius 2 is 1.88 bits per heavy atom. The molecule has 0 fully saturated rings. The predicted molar refractivity (Wildman–Crippen MR) is 70.9 cm³/mol. The number of anilines is 1. The average molecular weight is 370 g/mol. The van der Waals surface area contributed by atoms with Gasteiger partial charge in [0.15, 0.2) is 0 Å². The fourth-order valence-corrected chi connectivity index (χ4v) is 2.81. The first-order valence-electron chi connectivity index (χ1n) is 3.96. The van der Waals surface area contributed by atoms with Crippen molar-refractivity contribution in [3.63, 3.8) is 0 Å². The normalized spacial score (nSPS) is 9.69. The number of halogens is 3. The molecule has 16 heavy (non-hydrogen) atoms. The van der Waals surface area contributed by atoms with Crippen LogP contribution in [0.5, 0.6) is 0 Å². The number of nitrogens with two attached hydrogens (primary N) is 1. The van der Waals surface area contributed by atoms with E-state index in [2.05, 4.69) is 42.5 Å². The molecule has 1 aromatic carbocycles. The molecule has 0 aliphatic carbocycles. The molecular formula is C8H7Br2ClN4O. The van der Waals surface area contributed by atoms with Crippen LogP contribution in [0.1, 0.15) is 0 Å². The van der Waals surface area contributed by atoms with Gasteiger partial charge in [-0.15, -0.1) is 0 Å². The summed E-state index contributed by atoms with van der Waals surface area (Å²) in [5, 5.41) is 12.7. The lowest BCUT2D eigenvalue weighted by atomic mass is 10.3. The molecule has 0 saturated carbocycles. The Labute approximate surface area is 113 Å². The zero-order valence-electron chi connectivity index (χ0n) is 7.77. The van der Waals surface area contributed by atoms with E-state index in [9.17, 15) is 4.79 Å². The molecule has 86 valence electrons. The molecule has 0 aliphatic rings. The highest BCUT2D eigenvalue weighted by Gasteiger charge is 2.09. The number of carbonyl (C=O) groups is 1. The van der Waals surface area contributed by atoms with Crippen LogP contribution in [-0.4, -0.2) is 12.0 Å². The molecule has 0 atom stereocenters. The van der Waals surface area contributed by atoms with E-state index in [-0.39, 0.29) is 5.96 Å². The lowest BCUT2D eigenvalue weighted by Crippen LogP contribution is -2.38. The third-order valence-electron chi connectivity index (χ3n) is 1.51. The molecule has 1 aromatic rings. The minimum Gasteiger partial charge on any atom is -0.351 e. The van der Waals surface area contributed by atoms with Gasteiger partial charge in [-0.05, 0) is 44.0 Å². The quantitative estimate of drug-likeness (QED) is 0.452. The first-order chi connectivity index (χ1) is 7.40. The van der Waals surface area contributed by atoms with Gasteiger partial charge >= 0.3 is 6.03 Å². The largest absolute Gasteiger partial charge is 0.351 e. The second kappa shape index (κ2) is 5.51. The Balaban J connectivity index is 2.89. The summed E-state index contributed by atoms with van der Waals surface area (Å²) >= 11 is 12.4. The van der Waals surface area contributed by atoms with Crippen molar-refractivity contribution >= 4 is 61.1 Å². The van der Waals surface area contributed by atoms with E-state index < -0.39 is 6.03 Å². The van der Waals surface area contributed by atoms with Crippen molar-refractivity contribution < 1.29 is 4.79 Å². The molecule has 1 rings (SSSR count). The van der Waals surface area contributed by atoms with E-state index in [1.807, 2.05) is 0 Å². The zero-order valence-corrected chi connectivity index (χ0v) is 11.7. The second-order valence-electron chi connectivity index (χ2n) is 2.73. The van der Waals surface area contributed by atoms with Crippen LogP contribution in [0.4, 0.5) is 10.5 Å². The van der Waals surface area contributed by atoms with Gasteiger partial charge in [0, 0.05) is 14.0 Å². The zero-order chi connectivity index (χ0) is 12.3. The SMILES string of the molecule is N=C(NC(N)=O)Nc1c(Br)cc(Cl)cc1Br. The molecule has 0 aliphatic heterocycles. The molecule has 0 spiro atoms. The molecule has 0 radical (unpaired) electrons. The Morgan fingerprint density at radius 3 is 2.31 bits per heavy atom. The van der Waals surface area contributed by atoms with E-state index in [4.69, 9.17) is 22.7 Å². The summed E-state index contributed by atoms with van der Waals surface area (Å²) in [6.45, 7) is 0. The molecule has 0 saturated heterocycles. The highest BCUT2D eigenvalue weighted by molar-refractivity contribution is 9.11. The first kappa shape index (κ1) is 13.3. The highest BCUT2D eigenvalue weighted by atomic mass is 79.9. The minimum atomic E-state index is -0.807. The van der Waals surface area contributed by atoms with Crippen molar-refractivity contribution in [2.75, 3.05) is 5.32 Å². The number of guanidine groups is 1. The molecule has 0 heterocycles. The number of rotatable bonds is 1. The molecular weight excluding hydrogens is 363 g/mol. The highest BCUT2D eigenvalue weighted by Crippen LogP contribution is 2.33. The van der Waals surface area contributed by atoms with E-state index in [0.717, 1.165) is 0 Å². The molecule has 8 heteroatoms. The van der Waals surface area contributed by atoms with Gasteiger partial charge in [-0.3, -0.25) is 10.7 Å². The van der Waals surface area contributed by atoms with Crippen LogP contribution in [0.2, 0.25) is 5.02 Å². The van der Waals surface area contributed by atoms with Crippen molar-refractivity contribution in [3.05, 3.63) is 26.1 Å². The summed E-state index contributed by atoms with van der Waals surface area (Å²) < 4.78 is 1.31. The Kier molecular flexibility index (Phi) is 4.57. The molecule has 2 amide bonds. The summed E-state index contributed by atoms with van der Waals surface area (Å²) in [4.78, 5) is 10.5. The maximum Gasteiger partial charge on any atom is 0.318 e. The maximum atomic E-state index is 10.5. The number of primary amides is 1. The van der Waals surface area contributed by atoms with Crippen molar-refractivity contribution in [3.8, 4) is 0 Å². The predicted octanol–water partition coefficient (Wildman–Crippen LogP) is 2.88. The van der Waals surface area contributed by atoms with Crippen molar-refractivity contribution in [1.29, 1.82) is 5.41 Å². The number of urea groups is 1. The van der Waals surface area contributed by atoms with Gasteiger partial charge in [0.1, 0.15) is 0 Å². The first-order valence-corrected chi connectivity index (χ1v) is 5.93. The second-order valence-corrected chi connectivity index (χ2v) is 4.88. The van der Waals surface area contributed by atoms with Gasteiger partial charge in [0.25, 0.3) is 0 Å². The molecule has 5 N–H and O–H groups in total. The lowest BCUT2D eigenvalue weighted by molar-refractivity contribution is 0.253. The third-order valence-corrected chi connectivity index (χ3v) is 2.97. The van der Waals surface area contributed by atoms with Crippen LogP contribution < -0.4 is 16.4 Å². The topological polar surface area (TPSA) is 91.0 Å². The standard InChI is InChI=1S/C8H7Br2ClN4O/c9-4-1-3(11)2-5(10)6(4)14-7(12)15-8(13)16/h1-2H,(H5,12,13,14,15,16). The Hall–Kier alpha value is -0.790. The number of hydrogen-bond acceptors (Lipinski definition) is 2. The summed E-state index contributed by atoms with van der Waals surface area (Å²) in [5.41, 5.74) is 5.44. The van der Waals surface area contributed by atoms with E-state index in [1.165, 1.54) is 0 Å². The van der Waals surface area contributed by atoms with E-state index in [1.54, 1.807) is 12.1 Å².